The fraction of sp³-hybridized carbons (Fsp3) is 0.400. The summed E-state index contributed by atoms with van der Waals surface area (Å²) in [6.07, 6.45) is 4.69. The van der Waals surface area contributed by atoms with Crippen LogP contribution in [0.25, 0.3) is 0 Å². The molecule has 1 saturated carbocycles. The number of rotatable bonds is 2. The molecule has 0 bridgehead atoms. The first kappa shape index (κ1) is 8.38. The summed E-state index contributed by atoms with van der Waals surface area (Å²) in [5.41, 5.74) is 6.67. The molecule has 68 valence electrons. The average molecular weight is 176 g/mol. The SMILES string of the molecule is NCC1(c2cccnc2)CC(=O)C1. The first-order valence-electron chi connectivity index (χ1n) is 4.39. The fourth-order valence-corrected chi connectivity index (χ4v) is 1.85. The van der Waals surface area contributed by atoms with Crippen molar-refractivity contribution in [3.63, 3.8) is 0 Å². The van der Waals surface area contributed by atoms with Crippen molar-refractivity contribution in [2.75, 3.05) is 6.54 Å². The van der Waals surface area contributed by atoms with Crippen LogP contribution in [0, 0.1) is 0 Å². The molecule has 1 aliphatic carbocycles. The number of hydrogen-bond acceptors (Lipinski definition) is 3. The molecule has 0 atom stereocenters. The molecule has 0 radical (unpaired) electrons. The monoisotopic (exact) mass is 176 g/mol. The van der Waals surface area contributed by atoms with E-state index in [9.17, 15) is 4.79 Å². The number of carbonyl (C=O) groups excluding carboxylic acids is 1. The van der Waals surface area contributed by atoms with Crippen molar-refractivity contribution < 1.29 is 4.79 Å². The zero-order chi connectivity index (χ0) is 9.31. The molecule has 1 fully saturated rings. The highest BCUT2D eigenvalue weighted by atomic mass is 16.1. The normalized spacial score (nSPS) is 19.6. The van der Waals surface area contributed by atoms with Gasteiger partial charge in [0, 0.05) is 37.2 Å². The predicted octanol–water partition coefficient (Wildman–Crippen LogP) is 0.641. The van der Waals surface area contributed by atoms with Crippen LogP contribution in [0.4, 0.5) is 0 Å². The average Bonchev–Trinajstić information content (AvgIpc) is 2.14. The Kier molecular flexibility index (Phi) is 1.88. The van der Waals surface area contributed by atoms with Crippen LogP contribution in [0.5, 0.6) is 0 Å². The Bertz CT molecular complexity index is 313. The number of ketones is 1. The minimum atomic E-state index is -0.106. The summed E-state index contributed by atoms with van der Waals surface area (Å²) in [5, 5.41) is 0. The van der Waals surface area contributed by atoms with Gasteiger partial charge in [0.05, 0.1) is 0 Å². The Hall–Kier alpha value is -1.22. The molecule has 13 heavy (non-hydrogen) atoms. The van der Waals surface area contributed by atoms with Gasteiger partial charge in [-0.15, -0.1) is 0 Å². The van der Waals surface area contributed by atoms with Gasteiger partial charge in [0.1, 0.15) is 5.78 Å². The van der Waals surface area contributed by atoms with E-state index in [4.69, 9.17) is 5.73 Å². The first-order chi connectivity index (χ1) is 6.27. The topological polar surface area (TPSA) is 56.0 Å². The lowest BCUT2D eigenvalue weighted by Gasteiger charge is -2.39. The molecule has 1 aliphatic rings. The second-order valence-electron chi connectivity index (χ2n) is 3.62. The highest BCUT2D eigenvalue weighted by Gasteiger charge is 2.43. The van der Waals surface area contributed by atoms with Gasteiger partial charge < -0.3 is 5.73 Å². The number of nitrogens with zero attached hydrogens (tertiary/aromatic N) is 1. The molecule has 0 amide bonds. The second-order valence-corrected chi connectivity index (χ2v) is 3.62. The van der Waals surface area contributed by atoms with Crippen LogP contribution in [-0.2, 0) is 10.2 Å². The largest absolute Gasteiger partial charge is 0.330 e. The van der Waals surface area contributed by atoms with Gasteiger partial charge in [-0.25, -0.2) is 0 Å². The van der Waals surface area contributed by atoms with E-state index in [0.717, 1.165) is 5.56 Å². The molecule has 1 heterocycles. The van der Waals surface area contributed by atoms with Crippen LogP contribution in [0.15, 0.2) is 24.5 Å². The number of aromatic nitrogens is 1. The van der Waals surface area contributed by atoms with Crippen molar-refractivity contribution in [2.24, 2.45) is 5.73 Å². The maximum atomic E-state index is 11.0. The third kappa shape index (κ3) is 1.25. The molecular weight excluding hydrogens is 164 g/mol. The Morgan fingerprint density at radius 3 is 2.77 bits per heavy atom. The fourth-order valence-electron chi connectivity index (χ4n) is 1.85. The summed E-state index contributed by atoms with van der Waals surface area (Å²) in [6.45, 7) is 0.532. The van der Waals surface area contributed by atoms with E-state index in [1.165, 1.54) is 0 Å². The molecule has 0 spiro atoms. The van der Waals surface area contributed by atoms with Crippen molar-refractivity contribution in [1.29, 1.82) is 0 Å². The van der Waals surface area contributed by atoms with Gasteiger partial charge in [0.15, 0.2) is 0 Å². The summed E-state index contributed by atoms with van der Waals surface area (Å²) in [6, 6.07) is 3.88. The van der Waals surface area contributed by atoms with Gasteiger partial charge >= 0.3 is 0 Å². The quantitative estimate of drug-likeness (QED) is 0.719. The maximum Gasteiger partial charge on any atom is 0.134 e. The van der Waals surface area contributed by atoms with E-state index < -0.39 is 0 Å². The lowest BCUT2D eigenvalue weighted by Crippen LogP contribution is -2.47. The van der Waals surface area contributed by atoms with Crippen LogP contribution < -0.4 is 5.73 Å². The highest BCUT2D eigenvalue weighted by Crippen LogP contribution is 2.39. The third-order valence-corrected chi connectivity index (χ3v) is 2.74. The van der Waals surface area contributed by atoms with Gasteiger partial charge in [-0.05, 0) is 11.6 Å². The second kappa shape index (κ2) is 2.92. The number of nitrogens with two attached hydrogens (primary N) is 1. The Balaban J connectivity index is 2.29. The Labute approximate surface area is 77.0 Å². The van der Waals surface area contributed by atoms with E-state index in [2.05, 4.69) is 4.98 Å². The molecule has 0 aliphatic heterocycles. The summed E-state index contributed by atoms with van der Waals surface area (Å²) in [5.74, 6) is 0.300. The molecule has 0 saturated heterocycles. The summed E-state index contributed by atoms with van der Waals surface area (Å²) in [7, 11) is 0. The lowest BCUT2D eigenvalue weighted by atomic mass is 9.64. The van der Waals surface area contributed by atoms with E-state index in [-0.39, 0.29) is 5.41 Å². The molecule has 3 heteroatoms. The molecule has 2 N–H and O–H groups in total. The van der Waals surface area contributed by atoms with Gasteiger partial charge in [-0.1, -0.05) is 6.07 Å². The highest BCUT2D eigenvalue weighted by molar-refractivity contribution is 5.88. The van der Waals surface area contributed by atoms with Crippen LogP contribution in [0.3, 0.4) is 0 Å². The van der Waals surface area contributed by atoms with Gasteiger partial charge in [-0.2, -0.15) is 0 Å². The van der Waals surface area contributed by atoms with Crippen molar-refractivity contribution in [2.45, 2.75) is 18.3 Å². The first-order valence-corrected chi connectivity index (χ1v) is 4.39. The Morgan fingerprint density at radius 1 is 1.54 bits per heavy atom. The zero-order valence-corrected chi connectivity index (χ0v) is 7.36. The van der Waals surface area contributed by atoms with E-state index >= 15 is 0 Å². The van der Waals surface area contributed by atoms with Crippen LogP contribution in [-0.4, -0.2) is 17.3 Å². The van der Waals surface area contributed by atoms with Crippen LogP contribution in [0.2, 0.25) is 0 Å². The number of hydrogen-bond donors (Lipinski definition) is 1. The summed E-state index contributed by atoms with van der Waals surface area (Å²) < 4.78 is 0. The van der Waals surface area contributed by atoms with E-state index in [1.807, 2.05) is 12.1 Å². The zero-order valence-electron chi connectivity index (χ0n) is 7.36. The van der Waals surface area contributed by atoms with Crippen molar-refractivity contribution in [3.05, 3.63) is 30.1 Å². The van der Waals surface area contributed by atoms with Gasteiger partial charge in [-0.3, -0.25) is 9.78 Å². The molecular formula is C10H12N2O. The molecule has 1 aromatic rings. The van der Waals surface area contributed by atoms with Crippen molar-refractivity contribution >= 4 is 5.78 Å². The molecule has 2 rings (SSSR count). The smallest absolute Gasteiger partial charge is 0.134 e. The van der Waals surface area contributed by atoms with Crippen LogP contribution >= 0.6 is 0 Å². The van der Waals surface area contributed by atoms with E-state index in [1.54, 1.807) is 12.4 Å². The minimum absolute atomic E-state index is 0.106. The van der Waals surface area contributed by atoms with E-state index in [0.29, 0.717) is 25.2 Å². The summed E-state index contributed by atoms with van der Waals surface area (Å²) in [4.78, 5) is 15.0. The molecule has 0 aromatic carbocycles. The molecule has 1 aromatic heterocycles. The number of Topliss-reactive ketones (excluding diaryl/α,β-unsaturated/α-hetero) is 1. The standard InChI is InChI=1S/C10H12N2O/c11-7-10(4-9(13)5-10)8-2-1-3-12-6-8/h1-3,6H,4-5,7,11H2. The predicted molar refractivity (Wildman–Crippen MR) is 49.2 cm³/mol. The van der Waals surface area contributed by atoms with Gasteiger partial charge in [0.2, 0.25) is 0 Å². The summed E-state index contributed by atoms with van der Waals surface area (Å²) >= 11 is 0. The minimum Gasteiger partial charge on any atom is -0.330 e. The van der Waals surface area contributed by atoms with Crippen molar-refractivity contribution in [3.8, 4) is 0 Å². The lowest BCUT2D eigenvalue weighted by molar-refractivity contribution is -0.128. The van der Waals surface area contributed by atoms with Crippen LogP contribution in [0.1, 0.15) is 18.4 Å². The van der Waals surface area contributed by atoms with Gasteiger partial charge in [0.25, 0.3) is 0 Å². The maximum absolute atomic E-state index is 11.0. The molecule has 3 nitrogen and oxygen atoms in total. The van der Waals surface area contributed by atoms with Crippen molar-refractivity contribution in [1.82, 2.24) is 4.98 Å². The number of pyridine rings is 1. The third-order valence-electron chi connectivity index (χ3n) is 2.74. The molecule has 0 unspecified atom stereocenters. The Morgan fingerprint density at radius 2 is 2.31 bits per heavy atom. The number of carbonyl (C=O) groups is 1.